The Labute approximate surface area is 79.3 Å². The summed E-state index contributed by atoms with van der Waals surface area (Å²) in [6, 6.07) is 0. The maximum absolute atomic E-state index is 3.71. The topological polar surface area (TPSA) is 21.9 Å². The first-order chi connectivity index (χ1) is 6.32. The van der Waals surface area contributed by atoms with E-state index in [4.69, 9.17) is 0 Å². The van der Waals surface area contributed by atoms with Crippen molar-refractivity contribution in [2.75, 3.05) is 6.54 Å². The highest BCUT2D eigenvalue weighted by Crippen LogP contribution is 2.92. The molecule has 5 atom stereocenters. The molecule has 1 heteroatoms. The van der Waals surface area contributed by atoms with Crippen LogP contribution in [0.4, 0.5) is 0 Å². The molecule has 5 rings (SSSR count). The molecule has 1 heterocycles. The lowest BCUT2D eigenvalue weighted by Crippen LogP contribution is -2.50. The van der Waals surface area contributed by atoms with Crippen LogP contribution in [0.15, 0.2) is 0 Å². The van der Waals surface area contributed by atoms with Gasteiger partial charge in [0.1, 0.15) is 0 Å². The number of fused-ring (bicyclic) bond motifs is 2. The zero-order valence-electron chi connectivity index (χ0n) is 8.10. The maximum atomic E-state index is 3.71. The summed E-state index contributed by atoms with van der Waals surface area (Å²) in [5, 5.41) is 3.71. The second-order valence-electron chi connectivity index (χ2n) is 6.53. The average Bonchev–Trinajstić information content (AvgIpc) is 2.96. The van der Waals surface area contributed by atoms with Crippen molar-refractivity contribution in [3.05, 3.63) is 0 Å². The van der Waals surface area contributed by atoms with E-state index in [-0.39, 0.29) is 0 Å². The molecule has 4 saturated carbocycles. The molecule has 0 amide bonds. The number of nitrogens with one attached hydrogen (secondary N) is 1. The molecule has 1 nitrogen and oxygen atoms in total. The van der Waals surface area contributed by atoms with Gasteiger partial charge in [-0.2, -0.15) is 0 Å². The second-order valence-corrected chi connectivity index (χ2v) is 6.53. The molecule has 5 aliphatic rings. The van der Waals surface area contributed by atoms with Gasteiger partial charge in [0.05, 0.1) is 0 Å². The highest BCUT2D eigenvalue weighted by Gasteiger charge is 2.91. The van der Waals surface area contributed by atoms with Crippen molar-refractivity contribution in [2.24, 2.45) is 22.7 Å². The zero-order valence-corrected chi connectivity index (χ0v) is 8.10. The van der Waals surface area contributed by atoms with E-state index in [1.807, 2.05) is 0 Å². The summed E-state index contributed by atoms with van der Waals surface area (Å²) >= 11 is 0. The fraction of sp³-hybridized carbons (Fsp3) is 1.00. The Hall–Kier alpha value is -0.0400. The molecular weight excluding hydrogens is 158 g/mol. The molecule has 1 saturated heterocycles. The second kappa shape index (κ2) is 1.41. The Balaban J connectivity index is 1.71. The lowest BCUT2D eigenvalue weighted by atomic mass is 9.58. The first-order valence-electron chi connectivity index (χ1n) is 6.07. The Bertz CT molecular complexity index is 319. The largest absolute Gasteiger partial charge is 0.308 e. The van der Waals surface area contributed by atoms with Crippen LogP contribution in [0.5, 0.6) is 0 Å². The SMILES string of the molecule is C1CC2C[C@]3(C1)CC31C2CC12CN2. The van der Waals surface area contributed by atoms with E-state index in [0.717, 1.165) is 22.3 Å². The summed E-state index contributed by atoms with van der Waals surface area (Å²) in [4.78, 5) is 0. The first kappa shape index (κ1) is 6.44. The Morgan fingerprint density at radius 1 is 1.23 bits per heavy atom. The van der Waals surface area contributed by atoms with Gasteiger partial charge < -0.3 is 5.32 Å². The van der Waals surface area contributed by atoms with E-state index in [2.05, 4.69) is 5.32 Å². The molecule has 1 N–H and O–H groups in total. The molecule has 4 unspecified atom stereocenters. The smallest absolute Gasteiger partial charge is 0.0375 e. The summed E-state index contributed by atoms with van der Waals surface area (Å²) in [6.07, 6.45) is 9.52. The molecule has 0 radical (unpaired) electrons. The predicted octanol–water partition coefficient (Wildman–Crippen LogP) is 1.93. The van der Waals surface area contributed by atoms with Crippen molar-refractivity contribution in [3.63, 3.8) is 0 Å². The van der Waals surface area contributed by atoms with Gasteiger partial charge in [-0.3, -0.25) is 0 Å². The fourth-order valence-electron chi connectivity index (χ4n) is 6.10. The minimum atomic E-state index is 0.719. The van der Waals surface area contributed by atoms with Crippen LogP contribution >= 0.6 is 0 Å². The van der Waals surface area contributed by atoms with Gasteiger partial charge in [-0.25, -0.2) is 0 Å². The monoisotopic (exact) mass is 175 g/mol. The summed E-state index contributed by atoms with van der Waals surface area (Å²) in [5.41, 5.74) is 2.49. The van der Waals surface area contributed by atoms with Crippen LogP contribution in [-0.4, -0.2) is 12.1 Å². The highest BCUT2D eigenvalue weighted by atomic mass is 15.3. The van der Waals surface area contributed by atoms with Gasteiger partial charge in [0.15, 0.2) is 0 Å². The minimum absolute atomic E-state index is 0.719. The third-order valence-electron chi connectivity index (χ3n) is 6.55. The summed E-state index contributed by atoms with van der Waals surface area (Å²) in [7, 11) is 0. The van der Waals surface area contributed by atoms with Crippen LogP contribution in [0.3, 0.4) is 0 Å². The van der Waals surface area contributed by atoms with E-state index < -0.39 is 0 Å². The normalized spacial score (nSPS) is 75.7. The Kier molecular flexibility index (Phi) is 0.697. The van der Waals surface area contributed by atoms with Gasteiger partial charge in [0.25, 0.3) is 0 Å². The van der Waals surface area contributed by atoms with Crippen LogP contribution < -0.4 is 5.32 Å². The molecule has 70 valence electrons. The number of hydrogen-bond donors (Lipinski definition) is 1. The molecule has 5 fully saturated rings. The third kappa shape index (κ3) is 0.407. The van der Waals surface area contributed by atoms with Crippen molar-refractivity contribution in [3.8, 4) is 0 Å². The predicted molar refractivity (Wildman–Crippen MR) is 50.3 cm³/mol. The van der Waals surface area contributed by atoms with Crippen LogP contribution in [0, 0.1) is 22.7 Å². The fourth-order valence-corrected chi connectivity index (χ4v) is 6.10. The average molecular weight is 175 g/mol. The molecule has 1 aliphatic heterocycles. The first-order valence-corrected chi connectivity index (χ1v) is 6.07. The van der Waals surface area contributed by atoms with Crippen LogP contribution in [0.2, 0.25) is 0 Å². The number of rotatable bonds is 0. The molecule has 2 bridgehead atoms. The number of hydrogen-bond acceptors (Lipinski definition) is 1. The highest BCUT2D eigenvalue weighted by molar-refractivity contribution is 5.43. The van der Waals surface area contributed by atoms with Crippen molar-refractivity contribution < 1.29 is 0 Å². The zero-order chi connectivity index (χ0) is 8.31. The van der Waals surface area contributed by atoms with E-state index in [1.165, 1.54) is 12.5 Å². The van der Waals surface area contributed by atoms with Crippen molar-refractivity contribution >= 4 is 0 Å². The molecular formula is C12H17N. The van der Waals surface area contributed by atoms with Gasteiger partial charge >= 0.3 is 0 Å². The van der Waals surface area contributed by atoms with Crippen molar-refractivity contribution in [1.29, 1.82) is 0 Å². The van der Waals surface area contributed by atoms with E-state index >= 15 is 0 Å². The van der Waals surface area contributed by atoms with Gasteiger partial charge in [-0.15, -0.1) is 0 Å². The van der Waals surface area contributed by atoms with Crippen LogP contribution in [0.25, 0.3) is 0 Å². The van der Waals surface area contributed by atoms with Crippen molar-refractivity contribution in [2.45, 2.75) is 44.1 Å². The summed E-state index contributed by atoms with van der Waals surface area (Å²) in [6.45, 7) is 1.37. The van der Waals surface area contributed by atoms with E-state index in [1.54, 1.807) is 38.5 Å². The molecule has 3 spiro atoms. The Morgan fingerprint density at radius 2 is 2.15 bits per heavy atom. The molecule has 13 heavy (non-hydrogen) atoms. The summed E-state index contributed by atoms with van der Waals surface area (Å²) < 4.78 is 0. The van der Waals surface area contributed by atoms with Crippen LogP contribution in [0.1, 0.15) is 38.5 Å². The molecule has 0 aromatic rings. The summed E-state index contributed by atoms with van der Waals surface area (Å²) in [5.74, 6) is 2.33. The molecule has 0 aromatic carbocycles. The third-order valence-corrected chi connectivity index (χ3v) is 6.55. The Morgan fingerprint density at radius 3 is 3.00 bits per heavy atom. The van der Waals surface area contributed by atoms with Crippen LogP contribution in [-0.2, 0) is 0 Å². The standard InChI is InChI=1S/C12H17N/c1-2-8-4-10(3-1)6-12(10)9(8)5-11(12)7-13-11/h8-9,13H,1-7H2/t8?,9?,10-,11?,12?/m1/s1. The van der Waals surface area contributed by atoms with Crippen molar-refractivity contribution in [1.82, 2.24) is 5.32 Å². The van der Waals surface area contributed by atoms with Gasteiger partial charge in [-0.1, -0.05) is 12.8 Å². The van der Waals surface area contributed by atoms with E-state index in [0.29, 0.717) is 0 Å². The van der Waals surface area contributed by atoms with Gasteiger partial charge in [-0.05, 0) is 48.3 Å². The maximum Gasteiger partial charge on any atom is 0.0375 e. The molecule has 4 aliphatic carbocycles. The lowest BCUT2D eigenvalue weighted by Gasteiger charge is -2.46. The minimum Gasteiger partial charge on any atom is -0.308 e. The van der Waals surface area contributed by atoms with Gasteiger partial charge in [0, 0.05) is 12.1 Å². The lowest BCUT2D eigenvalue weighted by molar-refractivity contribution is 0.0558. The molecule has 0 aromatic heterocycles. The quantitative estimate of drug-likeness (QED) is 0.558. The van der Waals surface area contributed by atoms with E-state index in [9.17, 15) is 0 Å². The van der Waals surface area contributed by atoms with Gasteiger partial charge in [0.2, 0.25) is 0 Å².